The van der Waals surface area contributed by atoms with Crippen molar-refractivity contribution in [2.75, 3.05) is 39.3 Å². The minimum absolute atomic E-state index is 0.326. The van der Waals surface area contributed by atoms with E-state index in [-0.39, 0.29) is 0 Å². The Labute approximate surface area is 157 Å². The second kappa shape index (κ2) is 11.1. The molecule has 0 aliphatic carbocycles. The summed E-state index contributed by atoms with van der Waals surface area (Å²) in [7, 11) is 0. The van der Waals surface area contributed by atoms with Gasteiger partial charge in [0.2, 0.25) is 0 Å². The van der Waals surface area contributed by atoms with E-state index in [1.54, 1.807) is 6.33 Å². The molecular formula is C18H35N7O. The summed E-state index contributed by atoms with van der Waals surface area (Å²) in [5.41, 5.74) is 0. The third-order valence-corrected chi connectivity index (χ3v) is 4.40. The summed E-state index contributed by atoms with van der Waals surface area (Å²) in [5.74, 6) is 1.89. The molecule has 0 bridgehead atoms. The van der Waals surface area contributed by atoms with E-state index in [0.717, 1.165) is 70.4 Å². The van der Waals surface area contributed by atoms with Gasteiger partial charge in [-0.2, -0.15) is 0 Å². The molecule has 0 aromatic carbocycles. The minimum Gasteiger partial charge on any atom is -0.373 e. The standard InChI is InChI=1S/C18H35N7O/c1-5-17-23-22-14-25(17)11-9-21-18(19-6-2)20-8-7-10-24-12-15(3)26-16(4)13-24/h14-16H,5-13H2,1-4H3,(H2,19,20,21). The summed E-state index contributed by atoms with van der Waals surface area (Å²) < 4.78 is 7.86. The predicted octanol–water partition coefficient (Wildman–Crippen LogP) is 0.895. The van der Waals surface area contributed by atoms with Gasteiger partial charge in [0.15, 0.2) is 5.96 Å². The monoisotopic (exact) mass is 365 g/mol. The summed E-state index contributed by atoms with van der Waals surface area (Å²) in [6, 6.07) is 0. The van der Waals surface area contributed by atoms with E-state index < -0.39 is 0 Å². The SMILES string of the molecule is CCNC(=NCCCN1CC(C)OC(C)C1)NCCn1cnnc1CC. The van der Waals surface area contributed by atoms with Crippen LogP contribution in [-0.4, -0.2) is 77.1 Å². The van der Waals surface area contributed by atoms with Crippen molar-refractivity contribution in [2.45, 2.75) is 59.3 Å². The molecular weight excluding hydrogens is 330 g/mol. The highest BCUT2D eigenvalue weighted by Gasteiger charge is 2.21. The van der Waals surface area contributed by atoms with Crippen LogP contribution in [-0.2, 0) is 17.7 Å². The van der Waals surface area contributed by atoms with E-state index in [4.69, 9.17) is 9.73 Å². The summed E-state index contributed by atoms with van der Waals surface area (Å²) in [5, 5.41) is 14.8. The van der Waals surface area contributed by atoms with E-state index in [1.165, 1.54) is 0 Å². The number of morpholine rings is 1. The molecule has 1 aliphatic heterocycles. The van der Waals surface area contributed by atoms with Crippen LogP contribution in [0.3, 0.4) is 0 Å². The van der Waals surface area contributed by atoms with Gasteiger partial charge in [0, 0.05) is 52.2 Å². The maximum absolute atomic E-state index is 5.78. The zero-order chi connectivity index (χ0) is 18.8. The first-order valence-corrected chi connectivity index (χ1v) is 9.89. The average Bonchev–Trinajstić information content (AvgIpc) is 3.05. The highest BCUT2D eigenvalue weighted by atomic mass is 16.5. The molecule has 1 saturated heterocycles. The number of nitrogens with one attached hydrogen (secondary N) is 2. The first-order valence-electron chi connectivity index (χ1n) is 9.89. The molecule has 1 aromatic rings. The summed E-state index contributed by atoms with van der Waals surface area (Å²) in [6.45, 7) is 14.9. The lowest BCUT2D eigenvalue weighted by Crippen LogP contribution is -2.45. The van der Waals surface area contributed by atoms with Crippen molar-refractivity contribution in [3.63, 3.8) is 0 Å². The van der Waals surface area contributed by atoms with Gasteiger partial charge in [-0.25, -0.2) is 0 Å². The number of ether oxygens (including phenoxy) is 1. The highest BCUT2D eigenvalue weighted by Crippen LogP contribution is 2.10. The van der Waals surface area contributed by atoms with Crippen LogP contribution in [0.1, 0.15) is 39.9 Å². The van der Waals surface area contributed by atoms with E-state index in [9.17, 15) is 0 Å². The quantitative estimate of drug-likeness (QED) is 0.384. The van der Waals surface area contributed by atoms with Crippen molar-refractivity contribution in [2.24, 2.45) is 4.99 Å². The van der Waals surface area contributed by atoms with Gasteiger partial charge in [0.05, 0.1) is 12.2 Å². The van der Waals surface area contributed by atoms with Crippen molar-refractivity contribution in [3.8, 4) is 0 Å². The molecule has 2 atom stereocenters. The van der Waals surface area contributed by atoms with Crippen LogP contribution in [0.25, 0.3) is 0 Å². The Morgan fingerprint density at radius 2 is 2.00 bits per heavy atom. The maximum atomic E-state index is 5.78. The lowest BCUT2D eigenvalue weighted by atomic mass is 10.2. The van der Waals surface area contributed by atoms with Crippen LogP contribution in [0.15, 0.2) is 11.3 Å². The van der Waals surface area contributed by atoms with Crippen LogP contribution in [0.2, 0.25) is 0 Å². The molecule has 0 saturated carbocycles. The summed E-state index contributed by atoms with van der Waals surface area (Å²) in [6.07, 6.45) is 4.39. The van der Waals surface area contributed by atoms with Gasteiger partial charge in [0.1, 0.15) is 12.2 Å². The van der Waals surface area contributed by atoms with Crippen LogP contribution >= 0.6 is 0 Å². The molecule has 2 N–H and O–H groups in total. The number of aliphatic imine (C=N–C) groups is 1. The van der Waals surface area contributed by atoms with Gasteiger partial charge in [-0.1, -0.05) is 6.92 Å². The smallest absolute Gasteiger partial charge is 0.191 e. The second-order valence-electron chi connectivity index (χ2n) is 6.85. The van der Waals surface area contributed by atoms with Crippen molar-refractivity contribution in [3.05, 3.63) is 12.2 Å². The van der Waals surface area contributed by atoms with Gasteiger partial charge in [0.25, 0.3) is 0 Å². The number of aromatic nitrogens is 3. The maximum Gasteiger partial charge on any atom is 0.191 e. The van der Waals surface area contributed by atoms with Gasteiger partial charge in [-0.05, 0) is 27.2 Å². The number of hydrogen-bond acceptors (Lipinski definition) is 5. The molecule has 26 heavy (non-hydrogen) atoms. The van der Waals surface area contributed by atoms with Crippen LogP contribution < -0.4 is 10.6 Å². The molecule has 0 spiro atoms. The molecule has 2 rings (SSSR count). The number of guanidine groups is 1. The zero-order valence-corrected chi connectivity index (χ0v) is 16.7. The van der Waals surface area contributed by atoms with Gasteiger partial charge < -0.3 is 19.9 Å². The van der Waals surface area contributed by atoms with Crippen molar-refractivity contribution in [1.82, 2.24) is 30.3 Å². The van der Waals surface area contributed by atoms with Crippen molar-refractivity contribution < 1.29 is 4.74 Å². The molecule has 2 unspecified atom stereocenters. The number of nitrogens with zero attached hydrogens (tertiary/aromatic N) is 5. The number of aryl methyl sites for hydroxylation is 1. The summed E-state index contributed by atoms with van der Waals surface area (Å²) in [4.78, 5) is 7.17. The summed E-state index contributed by atoms with van der Waals surface area (Å²) >= 11 is 0. The second-order valence-corrected chi connectivity index (χ2v) is 6.85. The lowest BCUT2D eigenvalue weighted by molar-refractivity contribution is -0.0679. The Morgan fingerprint density at radius 1 is 1.23 bits per heavy atom. The van der Waals surface area contributed by atoms with Gasteiger partial charge in [-0.3, -0.25) is 9.89 Å². The Bertz CT molecular complexity index is 535. The Balaban J connectivity index is 1.70. The number of rotatable bonds is 9. The van der Waals surface area contributed by atoms with Crippen LogP contribution in [0.5, 0.6) is 0 Å². The molecule has 1 fully saturated rings. The molecule has 0 radical (unpaired) electrons. The molecule has 8 heteroatoms. The molecule has 0 amide bonds. The zero-order valence-electron chi connectivity index (χ0n) is 16.7. The van der Waals surface area contributed by atoms with E-state index >= 15 is 0 Å². The molecule has 148 valence electrons. The third kappa shape index (κ3) is 6.92. The van der Waals surface area contributed by atoms with E-state index in [2.05, 4.69) is 58.0 Å². The molecule has 8 nitrogen and oxygen atoms in total. The lowest BCUT2D eigenvalue weighted by Gasteiger charge is -2.35. The van der Waals surface area contributed by atoms with Gasteiger partial charge in [-0.15, -0.1) is 10.2 Å². The highest BCUT2D eigenvalue weighted by molar-refractivity contribution is 5.79. The minimum atomic E-state index is 0.326. The topological polar surface area (TPSA) is 79.6 Å². The molecule has 1 aliphatic rings. The largest absolute Gasteiger partial charge is 0.373 e. The van der Waals surface area contributed by atoms with Crippen molar-refractivity contribution >= 4 is 5.96 Å². The normalized spacial score (nSPS) is 21.8. The average molecular weight is 366 g/mol. The molecule has 1 aromatic heterocycles. The number of hydrogen-bond donors (Lipinski definition) is 2. The predicted molar refractivity (Wildman–Crippen MR) is 104 cm³/mol. The fourth-order valence-electron chi connectivity index (χ4n) is 3.33. The van der Waals surface area contributed by atoms with E-state index in [1.807, 2.05) is 0 Å². The Hall–Kier alpha value is -1.67. The third-order valence-electron chi connectivity index (χ3n) is 4.40. The van der Waals surface area contributed by atoms with Crippen LogP contribution in [0, 0.1) is 0 Å². The Kier molecular flexibility index (Phi) is 8.84. The first kappa shape index (κ1) is 20.6. The molecule has 2 heterocycles. The van der Waals surface area contributed by atoms with E-state index in [0.29, 0.717) is 12.2 Å². The van der Waals surface area contributed by atoms with Crippen LogP contribution in [0.4, 0.5) is 0 Å². The van der Waals surface area contributed by atoms with Crippen molar-refractivity contribution in [1.29, 1.82) is 0 Å². The Morgan fingerprint density at radius 3 is 2.69 bits per heavy atom. The fourth-order valence-corrected chi connectivity index (χ4v) is 3.33. The van der Waals surface area contributed by atoms with Gasteiger partial charge >= 0.3 is 0 Å². The first-order chi connectivity index (χ1) is 12.6. The fraction of sp³-hybridized carbons (Fsp3) is 0.833.